The van der Waals surface area contributed by atoms with Gasteiger partial charge in [-0.2, -0.15) is 4.98 Å². The van der Waals surface area contributed by atoms with Crippen LogP contribution in [0, 0.1) is 0 Å². The van der Waals surface area contributed by atoms with Gasteiger partial charge in [0.05, 0.1) is 0 Å². The van der Waals surface area contributed by atoms with Crippen molar-refractivity contribution in [3.05, 3.63) is 114 Å². The molecular weight excluding hydrogens is 386 g/mol. The molecule has 4 nitrogen and oxygen atoms in total. The number of aliphatic hydroxyl groups excluding tert-OH is 1. The van der Waals surface area contributed by atoms with E-state index in [2.05, 4.69) is 4.98 Å². The second-order valence-electron chi connectivity index (χ2n) is 7.22. The number of ether oxygens (including phenoxy) is 2. The third kappa shape index (κ3) is 5.71. The molecule has 156 valence electrons. The van der Waals surface area contributed by atoms with Gasteiger partial charge in [0.1, 0.15) is 13.2 Å². The Kier molecular flexibility index (Phi) is 6.93. The molecule has 0 unspecified atom stereocenters. The van der Waals surface area contributed by atoms with E-state index < -0.39 is 0 Å². The Balaban J connectivity index is 1.57. The van der Waals surface area contributed by atoms with E-state index in [0.29, 0.717) is 31.4 Å². The van der Waals surface area contributed by atoms with Crippen molar-refractivity contribution in [2.24, 2.45) is 0 Å². The van der Waals surface area contributed by atoms with Gasteiger partial charge < -0.3 is 14.6 Å². The molecule has 0 atom stereocenters. The van der Waals surface area contributed by atoms with Crippen molar-refractivity contribution in [2.45, 2.75) is 19.6 Å². The average Bonchev–Trinajstić information content (AvgIpc) is 2.84. The SMILES string of the molecule is OCCc1ccc(-c2ccc(OCc3ccccc3)nc2OCc2ccccc2)cc1. The molecule has 0 saturated carbocycles. The maximum absolute atomic E-state index is 9.15. The van der Waals surface area contributed by atoms with Gasteiger partial charge in [-0.1, -0.05) is 84.9 Å². The molecule has 0 aliphatic rings. The fourth-order valence-corrected chi connectivity index (χ4v) is 3.27. The molecule has 0 radical (unpaired) electrons. The highest BCUT2D eigenvalue weighted by molar-refractivity contribution is 5.69. The van der Waals surface area contributed by atoms with Gasteiger partial charge in [0.25, 0.3) is 0 Å². The summed E-state index contributed by atoms with van der Waals surface area (Å²) in [4.78, 5) is 4.65. The lowest BCUT2D eigenvalue weighted by Gasteiger charge is -2.14. The molecule has 0 amide bonds. The van der Waals surface area contributed by atoms with E-state index in [4.69, 9.17) is 14.6 Å². The molecule has 0 fully saturated rings. The summed E-state index contributed by atoms with van der Waals surface area (Å²) in [6.45, 7) is 1.01. The van der Waals surface area contributed by atoms with Gasteiger partial charge in [0.15, 0.2) is 0 Å². The molecule has 0 aliphatic heterocycles. The van der Waals surface area contributed by atoms with E-state index in [1.165, 1.54) is 0 Å². The largest absolute Gasteiger partial charge is 0.473 e. The fourth-order valence-electron chi connectivity index (χ4n) is 3.27. The van der Waals surface area contributed by atoms with E-state index >= 15 is 0 Å². The van der Waals surface area contributed by atoms with Gasteiger partial charge in [-0.25, -0.2) is 0 Å². The van der Waals surface area contributed by atoms with E-state index in [1.807, 2.05) is 97.1 Å². The van der Waals surface area contributed by atoms with Crippen molar-refractivity contribution in [3.63, 3.8) is 0 Å². The molecule has 1 N–H and O–H groups in total. The molecular formula is C27H25NO3. The molecule has 0 spiro atoms. The molecule has 0 aliphatic carbocycles. The summed E-state index contributed by atoms with van der Waals surface area (Å²) in [7, 11) is 0. The van der Waals surface area contributed by atoms with Crippen LogP contribution < -0.4 is 9.47 Å². The second-order valence-corrected chi connectivity index (χ2v) is 7.22. The maximum Gasteiger partial charge on any atom is 0.225 e. The number of hydrogen-bond donors (Lipinski definition) is 1. The number of aromatic nitrogens is 1. The fraction of sp³-hybridized carbons (Fsp3) is 0.148. The molecule has 4 rings (SSSR count). The predicted octanol–water partition coefficient (Wildman–Crippen LogP) is 5.44. The Bertz CT molecular complexity index is 1080. The van der Waals surface area contributed by atoms with Crippen LogP contribution >= 0.6 is 0 Å². The third-order valence-electron chi connectivity index (χ3n) is 4.95. The summed E-state index contributed by atoms with van der Waals surface area (Å²) in [5.41, 5.74) is 5.16. The van der Waals surface area contributed by atoms with Crippen LogP contribution in [-0.2, 0) is 19.6 Å². The van der Waals surface area contributed by atoms with Crippen molar-refractivity contribution >= 4 is 0 Å². The summed E-state index contributed by atoms with van der Waals surface area (Å²) < 4.78 is 12.0. The Morgan fingerprint density at radius 2 is 1.23 bits per heavy atom. The highest BCUT2D eigenvalue weighted by Gasteiger charge is 2.11. The molecule has 4 heteroatoms. The first-order valence-electron chi connectivity index (χ1n) is 10.4. The molecule has 0 saturated heterocycles. The first kappa shape index (κ1) is 20.6. The van der Waals surface area contributed by atoms with Crippen molar-refractivity contribution in [1.82, 2.24) is 4.98 Å². The number of rotatable bonds is 9. The number of aliphatic hydroxyl groups is 1. The normalized spacial score (nSPS) is 10.6. The first-order chi connectivity index (χ1) is 15.3. The first-order valence-corrected chi connectivity index (χ1v) is 10.4. The predicted molar refractivity (Wildman–Crippen MR) is 122 cm³/mol. The quantitative estimate of drug-likeness (QED) is 0.398. The highest BCUT2D eigenvalue weighted by atomic mass is 16.5. The van der Waals surface area contributed by atoms with E-state index in [1.54, 1.807) is 0 Å². The van der Waals surface area contributed by atoms with Gasteiger partial charge in [-0.3, -0.25) is 0 Å². The smallest absolute Gasteiger partial charge is 0.225 e. The average molecular weight is 412 g/mol. The molecule has 1 heterocycles. The van der Waals surface area contributed by atoms with Crippen LogP contribution in [0.25, 0.3) is 11.1 Å². The van der Waals surface area contributed by atoms with E-state index in [0.717, 1.165) is 27.8 Å². The number of hydrogen-bond acceptors (Lipinski definition) is 4. The molecule has 31 heavy (non-hydrogen) atoms. The van der Waals surface area contributed by atoms with Crippen LogP contribution in [0.15, 0.2) is 97.1 Å². The van der Waals surface area contributed by atoms with Crippen LogP contribution in [0.2, 0.25) is 0 Å². The number of benzene rings is 3. The zero-order chi connectivity index (χ0) is 21.3. The summed E-state index contributed by atoms with van der Waals surface area (Å²) in [5.74, 6) is 1.05. The lowest BCUT2D eigenvalue weighted by Crippen LogP contribution is -2.02. The van der Waals surface area contributed by atoms with Gasteiger partial charge in [0, 0.05) is 18.2 Å². The Morgan fingerprint density at radius 1 is 0.613 bits per heavy atom. The minimum atomic E-state index is 0.139. The van der Waals surface area contributed by atoms with E-state index in [9.17, 15) is 0 Å². The maximum atomic E-state index is 9.15. The monoisotopic (exact) mass is 411 g/mol. The molecule has 0 bridgehead atoms. The second kappa shape index (κ2) is 10.4. The zero-order valence-corrected chi connectivity index (χ0v) is 17.3. The van der Waals surface area contributed by atoms with Crippen LogP contribution in [0.4, 0.5) is 0 Å². The van der Waals surface area contributed by atoms with Gasteiger partial charge in [0.2, 0.25) is 11.8 Å². The Morgan fingerprint density at radius 3 is 1.84 bits per heavy atom. The van der Waals surface area contributed by atoms with Crippen LogP contribution in [0.5, 0.6) is 11.8 Å². The number of pyridine rings is 1. The lowest BCUT2D eigenvalue weighted by molar-refractivity contribution is 0.268. The summed E-state index contributed by atoms with van der Waals surface area (Å²) >= 11 is 0. The van der Waals surface area contributed by atoms with Crippen molar-refractivity contribution in [3.8, 4) is 22.9 Å². The molecule has 1 aromatic heterocycles. The molecule has 3 aromatic carbocycles. The topological polar surface area (TPSA) is 51.6 Å². The number of nitrogens with zero attached hydrogens (tertiary/aromatic N) is 1. The zero-order valence-electron chi connectivity index (χ0n) is 17.3. The van der Waals surface area contributed by atoms with Gasteiger partial charge in [-0.15, -0.1) is 0 Å². The van der Waals surface area contributed by atoms with Crippen LogP contribution in [0.3, 0.4) is 0 Å². The van der Waals surface area contributed by atoms with E-state index in [-0.39, 0.29) is 6.61 Å². The Labute approximate surface area is 182 Å². The van der Waals surface area contributed by atoms with Crippen molar-refractivity contribution < 1.29 is 14.6 Å². The van der Waals surface area contributed by atoms with Crippen molar-refractivity contribution in [2.75, 3.05) is 6.61 Å². The van der Waals surface area contributed by atoms with Crippen LogP contribution in [0.1, 0.15) is 16.7 Å². The summed E-state index contributed by atoms with van der Waals surface area (Å²) in [6.07, 6.45) is 0.641. The summed E-state index contributed by atoms with van der Waals surface area (Å²) in [6, 6.07) is 32.0. The van der Waals surface area contributed by atoms with Gasteiger partial charge in [-0.05, 0) is 34.7 Å². The van der Waals surface area contributed by atoms with Gasteiger partial charge >= 0.3 is 0 Å². The third-order valence-corrected chi connectivity index (χ3v) is 4.95. The highest BCUT2D eigenvalue weighted by Crippen LogP contribution is 2.31. The van der Waals surface area contributed by atoms with Crippen LogP contribution in [-0.4, -0.2) is 16.7 Å². The molecule has 4 aromatic rings. The minimum Gasteiger partial charge on any atom is -0.473 e. The minimum absolute atomic E-state index is 0.139. The lowest BCUT2D eigenvalue weighted by atomic mass is 10.0. The standard InChI is InChI=1S/C27H25NO3/c29-18-17-21-11-13-24(14-12-21)25-15-16-26(30-19-22-7-3-1-4-8-22)28-27(25)31-20-23-9-5-2-6-10-23/h1-16,29H,17-20H2. The van der Waals surface area contributed by atoms with Crippen molar-refractivity contribution in [1.29, 1.82) is 0 Å². The Hall–Kier alpha value is -3.63. The summed E-state index contributed by atoms with van der Waals surface area (Å²) in [5, 5.41) is 9.15.